The lowest BCUT2D eigenvalue weighted by molar-refractivity contribution is -0.141. The lowest BCUT2D eigenvalue weighted by Crippen LogP contribution is -2.47. The van der Waals surface area contributed by atoms with Crippen molar-refractivity contribution in [1.82, 2.24) is 4.72 Å². The highest BCUT2D eigenvalue weighted by Gasteiger charge is 2.29. The lowest BCUT2D eigenvalue weighted by atomic mass is 10.2. The van der Waals surface area contributed by atoms with Crippen LogP contribution in [0.5, 0.6) is 0 Å². The average molecular weight is 294 g/mol. The van der Waals surface area contributed by atoms with E-state index in [1.807, 2.05) is 4.72 Å². The van der Waals surface area contributed by atoms with Gasteiger partial charge in [0.05, 0.1) is 11.0 Å². The summed E-state index contributed by atoms with van der Waals surface area (Å²) in [5.41, 5.74) is 0. The average Bonchev–Trinajstić information content (AvgIpc) is 2.26. The van der Waals surface area contributed by atoms with Crippen LogP contribution in [0.4, 0.5) is 0 Å². The molecule has 0 aliphatic rings. The quantitative estimate of drug-likeness (QED) is 0.731. The topological polar surface area (TPSA) is 104 Å². The Balaban J connectivity index is 3.01. The summed E-state index contributed by atoms with van der Waals surface area (Å²) < 4.78 is 25.6. The molecular formula is C10H12ClNO5S. The molecule has 0 unspecified atom stereocenters. The molecule has 6 nitrogen and oxygen atoms in total. The normalized spacial score (nSPS) is 15.1. The Morgan fingerprint density at radius 2 is 1.83 bits per heavy atom. The zero-order valence-electron chi connectivity index (χ0n) is 9.37. The third-order valence-corrected chi connectivity index (χ3v) is 3.86. The first kappa shape index (κ1) is 14.9. The summed E-state index contributed by atoms with van der Waals surface area (Å²) >= 11 is 5.62. The fourth-order valence-corrected chi connectivity index (χ4v) is 2.59. The Hall–Kier alpha value is -1.15. The molecule has 8 heteroatoms. The van der Waals surface area contributed by atoms with Gasteiger partial charge in [0.25, 0.3) is 0 Å². The number of aliphatic hydroxyl groups is 1. The van der Waals surface area contributed by atoms with Crippen molar-refractivity contribution in [3.05, 3.63) is 29.3 Å². The minimum absolute atomic E-state index is 0.126. The smallest absolute Gasteiger partial charge is 0.324 e. The van der Waals surface area contributed by atoms with E-state index in [4.69, 9.17) is 16.7 Å². The van der Waals surface area contributed by atoms with Crippen molar-refractivity contribution in [3.8, 4) is 0 Å². The number of aliphatic carboxylic acids is 1. The first-order chi connectivity index (χ1) is 8.24. The van der Waals surface area contributed by atoms with E-state index in [-0.39, 0.29) is 4.90 Å². The Kier molecular flexibility index (Phi) is 4.69. The van der Waals surface area contributed by atoms with E-state index in [0.717, 1.165) is 0 Å². The van der Waals surface area contributed by atoms with Crippen LogP contribution >= 0.6 is 11.6 Å². The number of nitrogens with one attached hydrogen (secondary N) is 1. The first-order valence-corrected chi connectivity index (χ1v) is 6.79. The summed E-state index contributed by atoms with van der Waals surface area (Å²) in [5.74, 6) is -1.46. The number of hydrogen-bond donors (Lipinski definition) is 3. The van der Waals surface area contributed by atoms with E-state index in [9.17, 15) is 18.3 Å². The van der Waals surface area contributed by atoms with Gasteiger partial charge < -0.3 is 10.2 Å². The predicted octanol–water partition coefficient (Wildman–Crippen LogP) is 0.452. The highest BCUT2D eigenvalue weighted by molar-refractivity contribution is 7.89. The van der Waals surface area contributed by atoms with Crippen LogP contribution in [0.25, 0.3) is 0 Å². The van der Waals surface area contributed by atoms with Gasteiger partial charge in [-0.1, -0.05) is 11.6 Å². The Bertz CT molecular complexity index is 526. The largest absolute Gasteiger partial charge is 0.480 e. The number of carboxylic acid groups (broad SMARTS) is 1. The number of carboxylic acids is 1. The van der Waals surface area contributed by atoms with E-state index in [2.05, 4.69) is 0 Å². The van der Waals surface area contributed by atoms with Crippen LogP contribution in [-0.4, -0.2) is 36.7 Å². The Morgan fingerprint density at radius 1 is 1.33 bits per heavy atom. The number of carbonyl (C=O) groups is 1. The molecule has 0 fully saturated rings. The highest BCUT2D eigenvalue weighted by Crippen LogP contribution is 2.14. The van der Waals surface area contributed by atoms with E-state index in [0.29, 0.717) is 5.02 Å². The minimum Gasteiger partial charge on any atom is -0.480 e. The van der Waals surface area contributed by atoms with E-state index >= 15 is 0 Å². The number of aliphatic hydroxyl groups excluding tert-OH is 1. The number of hydrogen-bond acceptors (Lipinski definition) is 4. The summed E-state index contributed by atoms with van der Waals surface area (Å²) in [6, 6.07) is 3.62. The van der Waals surface area contributed by atoms with Gasteiger partial charge in [0.2, 0.25) is 10.0 Å². The van der Waals surface area contributed by atoms with Gasteiger partial charge in [-0.25, -0.2) is 8.42 Å². The van der Waals surface area contributed by atoms with Crippen molar-refractivity contribution in [2.75, 3.05) is 0 Å². The second kappa shape index (κ2) is 5.66. The molecule has 0 saturated carbocycles. The maximum absolute atomic E-state index is 11.8. The maximum Gasteiger partial charge on any atom is 0.324 e. The fraction of sp³-hybridized carbons (Fsp3) is 0.300. The van der Waals surface area contributed by atoms with Crippen LogP contribution in [0.15, 0.2) is 29.2 Å². The van der Waals surface area contributed by atoms with Gasteiger partial charge in [0.1, 0.15) is 6.04 Å². The van der Waals surface area contributed by atoms with Crippen LogP contribution in [-0.2, 0) is 14.8 Å². The molecule has 1 aromatic rings. The second-order valence-corrected chi connectivity index (χ2v) is 5.78. The van der Waals surface area contributed by atoms with Crippen molar-refractivity contribution >= 4 is 27.6 Å². The molecule has 1 aromatic carbocycles. The third-order valence-electron chi connectivity index (χ3n) is 2.15. The van der Waals surface area contributed by atoms with Crippen LogP contribution in [0.2, 0.25) is 5.02 Å². The van der Waals surface area contributed by atoms with Crippen molar-refractivity contribution in [2.24, 2.45) is 0 Å². The van der Waals surface area contributed by atoms with Gasteiger partial charge in [0, 0.05) is 5.02 Å². The molecule has 0 aromatic heterocycles. The first-order valence-electron chi connectivity index (χ1n) is 4.93. The standard InChI is InChI=1S/C10H12ClNO5S/c1-6(13)9(10(14)15)12-18(16,17)8-4-2-7(11)3-5-8/h2-6,9,12-13H,1H3,(H,14,15)/t6-,9-/m1/s1. The van der Waals surface area contributed by atoms with Gasteiger partial charge in [-0.05, 0) is 31.2 Å². The number of sulfonamides is 1. The van der Waals surface area contributed by atoms with Crippen molar-refractivity contribution in [3.63, 3.8) is 0 Å². The molecule has 0 amide bonds. The van der Waals surface area contributed by atoms with Gasteiger partial charge >= 0.3 is 5.97 Å². The number of rotatable bonds is 5. The van der Waals surface area contributed by atoms with Crippen LogP contribution < -0.4 is 4.72 Å². The monoisotopic (exact) mass is 293 g/mol. The van der Waals surface area contributed by atoms with E-state index in [1.54, 1.807) is 0 Å². The third kappa shape index (κ3) is 3.67. The van der Waals surface area contributed by atoms with Crippen molar-refractivity contribution < 1.29 is 23.4 Å². The summed E-state index contributed by atoms with van der Waals surface area (Å²) in [7, 11) is -4.02. The molecule has 0 heterocycles. The summed E-state index contributed by atoms with van der Waals surface area (Å²) in [6.45, 7) is 1.18. The molecule has 0 saturated heterocycles. The van der Waals surface area contributed by atoms with E-state index in [1.165, 1.54) is 31.2 Å². The highest BCUT2D eigenvalue weighted by atomic mass is 35.5. The molecule has 2 atom stereocenters. The molecule has 0 radical (unpaired) electrons. The Morgan fingerprint density at radius 3 is 2.22 bits per heavy atom. The van der Waals surface area contributed by atoms with Crippen LogP contribution in [0.1, 0.15) is 6.92 Å². The van der Waals surface area contributed by atoms with Crippen molar-refractivity contribution in [2.45, 2.75) is 24.0 Å². The lowest BCUT2D eigenvalue weighted by Gasteiger charge is -2.17. The second-order valence-electron chi connectivity index (χ2n) is 3.63. The molecule has 0 aliphatic carbocycles. The molecular weight excluding hydrogens is 282 g/mol. The minimum atomic E-state index is -4.02. The zero-order chi connectivity index (χ0) is 13.9. The Labute approximate surface area is 109 Å². The molecule has 3 N–H and O–H groups in total. The predicted molar refractivity (Wildman–Crippen MR) is 64.9 cm³/mol. The van der Waals surface area contributed by atoms with E-state index < -0.39 is 28.1 Å². The molecule has 0 aliphatic heterocycles. The summed E-state index contributed by atoms with van der Waals surface area (Å²) in [6.07, 6.45) is -1.36. The van der Waals surface area contributed by atoms with Crippen LogP contribution in [0.3, 0.4) is 0 Å². The van der Waals surface area contributed by atoms with Gasteiger partial charge in [-0.3, -0.25) is 4.79 Å². The number of halogens is 1. The summed E-state index contributed by atoms with van der Waals surface area (Å²) in [4.78, 5) is 10.7. The fourth-order valence-electron chi connectivity index (χ4n) is 1.20. The van der Waals surface area contributed by atoms with Crippen molar-refractivity contribution in [1.29, 1.82) is 0 Å². The zero-order valence-corrected chi connectivity index (χ0v) is 10.9. The molecule has 0 bridgehead atoms. The van der Waals surface area contributed by atoms with Crippen LogP contribution in [0, 0.1) is 0 Å². The summed E-state index contributed by atoms with van der Waals surface area (Å²) in [5, 5.41) is 18.4. The molecule has 0 spiro atoms. The van der Waals surface area contributed by atoms with Gasteiger partial charge in [-0.15, -0.1) is 0 Å². The van der Waals surface area contributed by atoms with Gasteiger partial charge in [-0.2, -0.15) is 4.72 Å². The van der Waals surface area contributed by atoms with Gasteiger partial charge in [0.15, 0.2) is 0 Å². The molecule has 100 valence electrons. The maximum atomic E-state index is 11.8. The molecule has 1 rings (SSSR count). The molecule has 18 heavy (non-hydrogen) atoms. The SMILES string of the molecule is C[C@@H](O)[C@@H](NS(=O)(=O)c1ccc(Cl)cc1)C(=O)O. The number of benzene rings is 1.